The summed E-state index contributed by atoms with van der Waals surface area (Å²) < 4.78 is 4.54. The van der Waals surface area contributed by atoms with Crippen molar-refractivity contribution >= 4 is 23.4 Å². The first-order valence-electron chi connectivity index (χ1n) is 3.73. The standard InChI is InChI=1S/C9H8N2O2S/c1-13-9(12)6-2-3-7(11)8(4-6)14-5-10/h2-4H,11H2,1H3. The number of thiocyanates is 1. The number of anilines is 1. The molecule has 1 rings (SSSR count). The highest BCUT2D eigenvalue weighted by molar-refractivity contribution is 8.03. The van der Waals surface area contributed by atoms with Crippen LogP contribution in [0.3, 0.4) is 0 Å². The van der Waals surface area contributed by atoms with Crippen molar-refractivity contribution < 1.29 is 9.53 Å². The van der Waals surface area contributed by atoms with Gasteiger partial charge in [-0.05, 0) is 30.0 Å². The van der Waals surface area contributed by atoms with Crippen molar-refractivity contribution in [3.05, 3.63) is 23.8 Å². The number of thioether (sulfide) groups is 1. The molecular formula is C9H8N2O2S. The monoisotopic (exact) mass is 208 g/mol. The van der Waals surface area contributed by atoms with Gasteiger partial charge in [-0.2, -0.15) is 5.26 Å². The third-order valence-electron chi connectivity index (χ3n) is 1.59. The van der Waals surface area contributed by atoms with Crippen molar-refractivity contribution in [3.63, 3.8) is 0 Å². The number of nitriles is 1. The van der Waals surface area contributed by atoms with E-state index in [1.165, 1.54) is 13.2 Å². The average Bonchev–Trinajstić information content (AvgIpc) is 2.20. The van der Waals surface area contributed by atoms with E-state index in [0.29, 0.717) is 16.1 Å². The summed E-state index contributed by atoms with van der Waals surface area (Å²) in [5.74, 6) is -0.440. The van der Waals surface area contributed by atoms with Crippen LogP contribution in [0.4, 0.5) is 5.69 Å². The Hall–Kier alpha value is -1.67. The lowest BCUT2D eigenvalue weighted by atomic mass is 10.2. The third-order valence-corrected chi connectivity index (χ3v) is 2.26. The van der Waals surface area contributed by atoms with E-state index in [1.807, 2.05) is 5.40 Å². The van der Waals surface area contributed by atoms with Crippen molar-refractivity contribution in [1.82, 2.24) is 0 Å². The zero-order valence-electron chi connectivity index (χ0n) is 7.48. The van der Waals surface area contributed by atoms with Gasteiger partial charge in [-0.3, -0.25) is 0 Å². The lowest BCUT2D eigenvalue weighted by Crippen LogP contribution is -2.01. The van der Waals surface area contributed by atoms with Gasteiger partial charge in [0.25, 0.3) is 0 Å². The summed E-state index contributed by atoms with van der Waals surface area (Å²) in [6.07, 6.45) is 0. The highest BCUT2D eigenvalue weighted by Gasteiger charge is 2.08. The number of hydrogen-bond donors (Lipinski definition) is 1. The normalized spacial score (nSPS) is 9.14. The number of rotatable bonds is 2. The Morgan fingerprint density at radius 1 is 1.64 bits per heavy atom. The van der Waals surface area contributed by atoms with Crippen LogP contribution < -0.4 is 5.73 Å². The second kappa shape index (κ2) is 4.53. The molecule has 0 unspecified atom stereocenters. The fourth-order valence-corrected chi connectivity index (χ4v) is 1.39. The predicted molar refractivity (Wildman–Crippen MR) is 53.7 cm³/mol. The zero-order valence-corrected chi connectivity index (χ0v) is 8.30. The van der Waals surface area contributed by atoms with Gasteiger partial charge >= 0.3 is 5.97 Å². The van der Waals surface area contributed by atoms with Crippen LogP contribution in [-0.2, 0) is 4.74 Å². The Morgan fingerprint density at radius 2 is 2.36 bits per heavy atom. The Bertz CT molecular complexity index is 398. The first-order valence-corrected chi connectivity index (χ1v) is 4.54. The molecule has 72 valence electrons. The van der Waals surface area contributed by atoms with Crippen LogP contribution in [0.25, 0.3) is 0 Å². The van der Waals surface area contributed by atoms with E-state index in [4.69, 9.17) is 11.0 Å². The average molecular weight is 208 g/mol. The van der Waals surface area contributed by atoms with Gasteiger partial charge in [-0.15, -0.1) is 0 Å². The Balaban J connectivity index is 3.07. The molecule has 1 aromatic rings. The molecule has 5 heteroatoms. The van der Waals surface area contributed by atoms with Crippen LogP contribution in [0.2, 0.25) is 0 Å². The molecule has 4 nitrogen and oxygen atoms in total. The molecule has 0 aliphatic rings. The molecule has 0 aliphatic carbocycles. The van der Waals surface area contributed by atoms with Gasteiger partial charge in [-0.25, -0.2) is 4.79 Å². The van der Waals surface area contributed by atoms with E-state index >= 15 is 0 Å². The smallest absolute Gasteiger partial charge is 0.337 e. The Morgan fingerprint density at radius 3 is 2.93 bits per heavy atom. The minimum absolute atomic E-state index is 0.388. The maximum atomic E-state index is 11.1. The summed E-state index contributed by atoms with van der Waals surface area (Å²) in [7, 11) is 1.30. The SMILES string of the molecule is COC(=O)c1ccc(N)c(SC#N)c1. The lowest BCUT2D eigenvalue weighted by molar-refractivity contribution is 0.0600. The van der Waals surface area contributed by atoms with Crippen LogP contribution >= 0.6 is 11.8 Å². The van der Waals surface area contributed by atoms with Gasteiger partial charge in [0.2, 0.25) is 0 Å². The minimum Gasteiger partial charge on any atom is -0.465 e. The van der Waals surface area contributed by atoms with Crippen molar-refractivity contribution in [1.29, 1.82) is 5.26 Å². The van der Waals surface area contributed by atoms with Crippen molar-refractivity contribution in [2.75, 3.05) is 12.8 Å². The van der Waals surface area contributed by atoms with Crippen LogP contribution in [0.5, 0.6) is 0 Å². The van der Waals surface area contributed by atoms with Gasteiger partial charge in [-0.1, -0.05) is 0 Å². The van der Waals surface area contributed by atoms with Gasteiger partial charge in [0.05, 0.1) is 12.7 Å². The van der Waals surface area contributed by atoms with E-state index in [2.05, 4.69) is 4.74 Å². The minimum atomic E-state index is -0.440. The lowest BCUT2D eigenvalue weighted by Gasteiger charge is -2.03. The number of carbonyl (C=O) groups is 1. The summed E-state index contributed by atoms with van der Waals surface area (Å²) in [4.78, 5) is 11.7. The Labute approximate surface area is 85.7 Å². The van der Waals surface area contributed by atoms with Crippen LogP contribution in [0.1, 0.15) is 10.4 Å². The van der Waals surface area contributed by atoms with E-state index in [1.54, 1.807) is 12.1 Å². The predicted octanol–water partition coefficient (Wildman–Crippen LogP) is 1.63. The Kier molecular flexibility index (Phi) is 3.37. The fourth-order valence-electron chi connectivity index (χ4n) is 0.917. The summed E-state index contributed by atoms with van der Waals surface area (Å²) in [6.45, 7) is 0. The highest BCUT2D eigenvalue weighted by Crippen LogP contribution is 2.25. The number of benzene rings is 1. The number of nitrogen functional groups attached to an aromatic ring is 1. The van der Waals surface area contributed by atoms with Gasteiger partial charge < -0.3 is 10.5 Å². The van der Waals surface area contributed by atoms with Gasteiger partial charge in [0.1, 0.15) is 5.40 Å². The number of hydrogen-bond acceptors (Lipinski definition) is 5. The quantitative estimate of drug-likeness (QED) is 0.346. The molecule has 1 aromatic carbocycles. The molecular weight excluding hydrogens is 200 g/mol. The van der Waals surface area contributed by atoms with Crippen molar-refractivity contribution in [2.45, 2.75) is 4.90 Å². The zero-order chi connectivity index (χ0) is 10.6. The molecule has 0 saturated carbocycles. The summed E-state index contributed by atoms with van der Waals surface area (Å²) in [5, 5.41) is 10.4. The molecule has 14 heavy (non-hydrogen) atoms. The maximum Gasteiger partial charge on any atom is 0.337 e. The number of esters is 1. The maximum absolute atomic E-state index is 11.1. The molecule has 0 aromatic heterocycles. The number of nitrogens with two attached hydrogens (primary N) is 1. The van der Waals surface area contributed by atoms with Gasteiger partial charge in [0, 0.05) is 10.6 Å². The van der Waals surface area contributed by atoms with Crippen molar-refractivity contribution in [2.24, 2.45) is 0 Å². The summed E-state index contributed by atoms with van der Waals surface area (Å²) >= 11 is 0.917. The molecule has 0 radical (unpaired) electrons. The topological polar surface area (TPSA) is 76.1 Å². The summed E-state index contributed by atoms with van der Waals surface area (Å²) in [6, 6.07) is 4.67. The number of nitrogens with zero attached hydrogens (tertiary/aromatic N) is 1. The molecule has 0 fully saturated rings. The molecule has 0 saturated heterocycles. The van der Waals surface area contributed by atoms with E-state index in [0.717, 1.165) is 11.8 Å². The summed E-state index contributed by atoms with van der Waals surface area (Å²) in [5.41, 5.74) is 6.46. The molecule has 2 N–H and O–H groups in total. The van der Waals surface area contributed by atoms with Crippen LogP contribution in [0, 0.1) is 10.7 Å². The fraction of sp³-hybridized carbons (Fsp3) is 0.111. The number of ether oxygens (including phenoxy) is 1. The third kappa shape index (κ3) is 2.18. The first-order chi connectivity index (χ1) is 6.69. The first kappa shape index (κ1) is 10.4. The van der Waals surface area contributed by atoms with Gasteiger partial charge in [0.15, 0.2) is 0 Å². The second-order valence-electron chi connectivity index (χ2n) is 2.44. The number of carbonyl (C=O) groups excluding carboxylic acids is 1. The molecule has 0 heterocycles. The number of methoxy groups -OCH3 is 1. The highest BCUT2D eigenvalue weighted by atomic mass is 32.2. The molecule has 0 bridgehead atoms. The molecule has 0 atom stereocenters. The second-order valence-corrected chi connectivity index (χ2v) is 3.26. The van der Waals surface area contributed by atoms with E-state index in [-0.39, 0.29) is 0 Å². The van der Waals surface area contributed by atoms with Crippen LogP contribution in [0.15, 0.2) is 23.1 Å². The van der Waals surface area contributed by atoms with Crippen LogP contribution in [-0.4, -0.2) is 13.1 Å². The molecule has 0 amide bonds. The molecule has 0 spiro atoms. The largest absolute Gasteiger partial charge is 0.465 e. The van der Waals surface area contributed by atoms with E-state index < -0.39 is 5.97 Å². The molecule has 0 aliphatic heterocycles. The van der Waals surface area contributed by atoms with E-state index in [9.17, 15) is 4.79 Å². The van der Waals surface area contributed by atoms with Crippen molar-refractivity contribution in [3.8, 4) is 5.40 Å².